The largest absolute Gasteiger partial charge is 0.460 e. The van der Waals surface area contributed by atoms with E-state index >= 15 is 0 Å². The van der Waals surface area contributed by atoms with E-state index in [0.717, 1.165) is 24.2 Å². The van der Waals surface area contributed by atoms with Crippen molar-refractivity contribution in [1.29, 1.82) is 0 Å². The lowest BCUT2D eigenvalue weighted by Gasteiger charge is -2.32. The number of likely N-dealkylation sites (tertiary alicyclic amines) is 1. The summed E-state index contributed by atoms with van der Waals surface area (Å²) in [5.74, 6) is 0. The van der Waals surface area contributed by atoms with Crippen LogP contribution in [0.4, 0.5) is 4.79 Å². The summed E-state index contributed by atoms with van der Waals surface area (Å²) in [5.41, 5.74) is 1.98. The standard InChI is InChI=1S/C17H24N6O2/c1-12(10-14-11-13(2)21-22-14)20-17(24)23-8-4-15(5-9-23)25-16-18-6-3-7-19-16/h3,6-7,11-12,15H,4-5,8-10H2,1-2H3,(H,20,24)(H,21,22)/t12-/m0/s1. The average Bonchev–Trinajstić information content (AvgIpc) is 3.01. The van der Waals surface area contributed by atoms with Gasteiger partial charge in [0.1, 0.15) is 6.10 Å². The van der Waals surface area contributed by atoms with E-state index in [1.807, 2.05) is 24.8 Å². The first-order valence-electron chi connectivity index (χ1n) is 8.60. The molecule has 0 spiro atoms. The lowest BCUT2D eigenvalue weighted by molar-refractivity contribution is 0.102. The first-order valence-corrected chi connectivity index (χ1v) is 8.60. The molecule has 8 nitrogen and oxygen atoms in total. The monoisotopic (exact) mass is 344 g/mol. The molecule has 0 radical (unpaired) electrons. The van der Waals surface area contributed by atoms with Gasteiger partial charge in [0.2, 0.25) is 0 Å². The summed E-state index contributed by atoms with van der Waals surface area (Å²) in [5, 5.41) is 10.2. The number of rotatable bonds is 5. The summed E-state index contributed by atoms with van der Waals surface area (Å²) in [6.45, 7) is 5.28. The third-order valence-electron chi connectivity index (χ3n) is 4.19. The van der Waals surface area contributed by atoms with E-state index in [-0.39, 0.29) is 18.2 Å². The zero-order valence-electron chi connectivity index (χ0n) is 14.6. The number of ether oxygens (including phenoxy) is 1. The van der Waals surface area contributed by atoms with Crippen molar-refractivity contribution >= 4 is 6.03 Å². The van der Waals surface area contributed by atoms with Crippen LogP contribution in [0, 0.1) is 6.92 Å². The highest BCUT2D eigenvalue weighted by Crippen LogP contribution is 2.15. The van der Waals surface area contributed by atoms with Gasteiger partial charge < -0.3 is 15.0 Å². The number of carbonyl (C=O) groups excluding carboxylic acids is 1. The molecule has 0 bridgehead atoms. The molecule has 1 atom stereocenters. The fourth-order valence-electron chi connectivity index (χ4n) is 2.92. The third-order valence-corrected chi connectivity index (χ3v) is 4.19. The van der Waals surface area contributed by atoms with Gasteiger partial charge in [0, 0.05) is 56.5 Å². The number of aromatic nitrogens is 4. The summed E-state index contributed by atoms with van der Waals surface area (Å²) < 4.78 is 5.75. The van der Waals surface area contributed by atoms with Gasteiger partial charge in [-0.1, -0.05) is 0 Å². The average molecular weight is 344 g/mol. The number of hydrogen-bond donors (Lipinski definition) is 2. The maximum Gasteiger partial charge on any atom is 0.317 e. The molecule has 2 amide bonds. The summed E-state index contributed by atoms with van der Waals surface area (Å²) in [4.78, 5) is 22.4. The van der Waals surface area contributed by atoms with Crippen molar-refractivity contribution in [1.82, 2.24) is 30.4 Å². The number of nitrogens with zero attached hydrogens (tertiary/aromatic N) is 4. The van der Waals surface area contributed by atoms with Crippen LogP contribution in [0.3, 0.4) is 0 Å². The molecule has 2 aromatic heterocycles. The van der Waals surface area contributed by atoms with E-state index in [1.165, 1.54) is 0 Å². The van der Waals surface area contributed by atoms with Gasteiger partial charge in [0.15, 0.2) is 0 Å². The molecule has 0 unspecified atom stereocenters. The van der Waals surface area contributed by atoms with Crippen molar-refractivity contribution in [3.8, 4) is 6.01 Å². The van der Waals surface area contributed by atoms with Crippen LogP contribution in [-0.2, 0) is 6.42 Å². The van der Waals surface area contributed by atoms with Crippen molar-refractivity contribution in [2.75, 3.05) is 13.1 Å². The molecule has 1 aliphatic rings. The van der Waals surface area contributed by atoms with Gasteiger partial charge in [-0.05, 0) is 26.0 Å². The van der Waals surface area contributed by atoms with E-state index in [0.29, 0.717) is 25.5 Å². The molecule has 2 aromatic rings. The van der Waals surface area contributed by atoms with E-state index in [4.69, 9.17) is 4.74 Å². The minimum absolute atomic E-state index is 0.0295. The maximum absolute atomic E-state index is 12.4. The molecule has 0 aliphatic carbocycles. The maximum atomic E-state index is 12.4. The second-order valence-corrected chi connectivity index (χ2v) is 6.43. The van der Waals surface area contributed by atoms with Crippen LogP contribution >= 0.6 is 0 Å². The molecule has 8 heteroatoms. The molecule has 0 aromatic carbocycles. The quantitative estimate of drug-likeness (QED) is 0.860. The second kappa shape index (κ2) is 7.96. The normalized spacial score (nSPS) is 16.5. The Morgan fingerprint density at radius 3 is 2.76 bits per heavy atom. The van der Waals surface area contributed by atoms with E-state index in [2.05, 4.69) is 25.5 Å². The van der Waals surface area contributed by atoms with Crippen LogP contribution in [-0.4, -0.2) is 56.3 Å². The van der Waals surface area contributed by atoms with Crippen molar-refractivity contribution in [3.05, 3.63) is 35.9 Å². The number of carbonyl (C=O) groups is 1. The minimum atomic E-state index is -0.0332. The second-order valence-electron chi connectivity index (χ2n) is 6.43. The molecule has 1 aliphatic heterocycles. The Balaban J connectivity index is 1.42. The van der Waals surface area contributed by atoms with Crippen LogP contribution in [0.25, 0.3) is 0 Å². The van der Waals surface area contributed by atoms with E-state index < -0.39 is 0 Å². The highest BCUT2D eigenvalue weighted by molar-refractivity contribution is 5.74. The molecule has 0 saturated carbocycles. The van der Waals surface area contributed by atoms with Crippen molar-refractivity contribution < 1.29 is 9.53 Å². The van der Waals surface area contributed by atoms with E-state index in [1.54, 1.807) is 18.5 Å². The number of aromatic amines is 1. The molecule has 1 fully saturated rings. The summed E-state index contributed by atoms with van der Waals surface area (Å²) in [7, 11) is 0. The number of piperidine rings is 1. The molecule has 134 valence electrons. The van der Waals surface area contributed by atoms with Gasteiger partial charge in [-0.3, -0.25) is 5.10 Å². The molecule has 3 heterocycles. The summed E-state index contributed by atoms with van der Waals surface area (Å²) >= 11 is 0. The Hall–Kier alpha value is -2.64. The van der Waals surface area contributed by atoms with Gasteiger partial charge in [-0.15, -0.1) is 0 Å². The van der Waals surface area contributed by atoms with Crippen molar-refractivity contribution in [2.45, 2.75) is 45.3 Å². The lowest BCUT2D eigenvalue weighted by Crippen LogP contribution is -2.49. The van der Waals surface area contributed by atoms with E-state index in [9.17, 15) is 4.79 Å². The Bertz CT molecular complexity index is 681. The predicted octanol–water partition coefficient (Wildman–Crippen LogP) is 1.69. The van der Waals surface area contributed by atoms with Gasteiger partial charge in [-0.2, -0.15) is 5.10 Å². The summed E-state index contributed by atoms with van der Waals surface area (Å²) in [6, 6.07) is 4.15. The third kappa shape index (κ3) is 4.91. The first-order chi connectivity index (χ1) is 12.1. The zero-order valence-corrected chi connectivity index (χ0v) is 14.6. The van der Waals surface area contributed by atoms with Crippen LogP contribution in [0.1, 0.15) is 31.2 Å². The number of hydrogen-bond acceptors (Lipinski definition) is 5. The van der Waals surface area contributed by atoms with Crippen LogP contribution in [0.15, 0.2) is 24.5 Å². The Kier molecular flexibility index (Phi) is 5.47. The Morgan fingerprint density at radius 2 is 2.12 bits per heavy atom. The molecule has 3 rings (SSSR count). The SMILES string of the molecule is Cc1cc(C[C@H](C)NC(=O)N2CCC(Oc3ncccn3)CC2)n[nH]1. The first kappa shape index (κ1) is 17.2. The molecular formula is C17H24N6O2. The van der Waals surface area contributed by atoms with Crippen molar-refractivity contribution in [3.63, 3.8) is 0 Å². The molecule has 25 heavy (non-hydrogen) atoms. The number of H-pyrrole nitrogens is 1. The Morgan fingerprint density at radius 1 is 1.40 bits per heavy atom. The highest BCUT2D eigenvalue weighted by atomic mass is 16.5. The number of urea groups is 1. The zero-order chi connectivity index (χ0) is 17.6. The van der Waals surface area contributed by atoms with Crippen molar-refractivity contribution in [2.24, 2.45) is 0 Å². The minimum Gasteiger partial charge on any atom is -0.460 e. The van der Waals surface area contributed by atoms with Gasteiger partial charge in [-0.25, -0.2) is 14.8 Å². The van der Waals surface area contributed by atoms with Gasteiger partial charge in [0.05, 0.1) is 5.69 Å². The van der Waals surface area contributed by atoms with Crippen LogP contribution in [0.2, 0.25) is 0 Å². The molecule has 2 N–H and O–H groups in total. The van der Waals surface area contributed by atoms with Crippen LogP contribution in [0.5, 0.6) is 6.01 Å². The fourth-order valence-corrected chi connectivity index (χ4v) is 2.92. The fraction of sp³-hybridized carbons (Fsp3) is 0.529. The van der Waals surface area contributed by atoms with Gasteiger partial charge in [0.25, 0.3) is 0 Å². The lowest BCUT2D eigenvalue weighted by atomic mass is 10.1. The highest BCUT2D eigenvalue weighted by Gasteiger charge is 2.25. The predicted molar refractivity (Wildman–Crippen MR) is 92.3 cm³/mol. The summed E-state index contributed by atoms with van der Waals surface area (Å²) in [6.07, 6.45) is 5.63. The van der Waals surface area contributed by atoms with Gasteiger partial charge >= 0.3 is 12.0 Å². The number of amides is 2. The smallest absolute Gasteiger partial charge is 0.317 e. The van der Waals surface area contributed by atoms with Crippen LogP contribution < -0.4 is 10.1 Å². The number of nitrogens with one attached hydrogen (secondary N) is 2. The number of aryl methyl sites for hydroxylation is 1. The Labute approximate surface area is 147 Å². The topological polar surface area (TPSA) is 96.0 Å². The molecule has 1 saturated heterocycles. The molecular weight excluding hydrogens is 320 g/mol.